The van der Waals surface area contributed by atoms with Crippen LogP contribution in [0.3, 0.4) is 0 Å². The third-order valence-electron chi connectivity index (χ3n) is 4.41. The van der Waals surface area contributed by atoms with E-state index in [9.17, 15) is 13.2 Å². The van der Waals surface area contributed by atoms with Crippen LogP contribution in [0.1, 0.15) is 38.8 Å². The fourth-order valence-corrected chi connectivity index (χ4v) is 3.15. The maximum Gasteiger partial charge on any atom is 0.421 e. The van der Waals surface area contributed by atoms with E-state index in [0.29, 0.717) is 23.0 Å². The summed E-state index contributed by atoms with van der Waals surface area (Å²) in [6.45, 7) is 8.03. The third-order valence-corrected chi connectivity index (χ3v) is 4.41. The van der Waals surface area contributed by atoms with Crippen LogP contribution < -0.4 is 15.4 Å². The highest BCUT2D eigenvalue weighted by Crippen LogP contribution is 2.35. The summed E-state index contributed by atoms with van der Waals surface area (Å²) in [4.78, 5) is 7.96. The number of nitrogens with one attached hydrogen (secondary N) is 2. The largest absolute Gasteiger partial charge is 0.491 e. The molecule has 0 saturated carbocycles. The van der Waals surface area contributed by atoms with E-state index in [1.807, 2.05) is 32.0 Å². The number of alkyl halides is 3. The summed E-state index contributed by atoms with van der Waals surface area (Å²) in [5.41, 5.74) is 1.27. The first kappa shape index (κ1) is 23.4. The Hall–Kier alpha value is -3.29. The molecule has 0 amide bonds. The molecule has 0 spiro atoms. The average Bonchev–Trinajstić information content (AvgIpc) is 2.68. The molecule has 0 saturated heterocycles. The molecule has 8 heteroatoms. The third kappa shape index (κ3) is 6.60. The topological polar surface area (TPSA) is 59.1 Å². The van der Waals surface area contributed by atoms with Crippen LogP contribution in [0.2, 0.25) is 0 Å². The second-order valence-corrected chi connectivity index (χ2v) is 8.19. The van der Waals surface area contributed by atoms with E-state index in [4.69, 9.17) is 4.74 Å². The normalized spacial score (nSPS) is 11.7. The lowest BCUT2D eigenvalue weighted by Gasteiger charge is -2.16. The summed E-state index contributed by atoms with van der Waals surface area (Å²) in [7, 11) is 0. The van der Waals surface area contributed by atoms with E-state index >= 15 is 0 Å². The van der Waals surface area contributed by atoms with Gasteiger partial charge in [0.25, 0.3) is 0 Å². The van der Waals surface area contributed by atoms with Gasteiger partial charge in [-0.25, -0.2) is 4.98 Å². The number of rotatable bonds is 8. The molecule has 170 valence electrons. The number of hydrogen-bond acceptors (Lipinski definition) is 5. The second kappa shape index (κ2) is 9.89. The molecule has 1 aromatic heterocycles. The number of aromatic nitrogens is 2. The van der Waals surface area contributed by atoms with Gasteiger partial charge in [-0.05, 0) is 68.1 Å². The fourth-order valence-electron chi connectivity index (χ4n) is 3.15. The van der Waals surface area contributed by atoms with Gasteiger partial charge in [-0.15, -0.1) is 0 Å². The average molecular weight is 445 g/mol. The van der Waals surface area contributed by atoms with Gasteiger partial charge in [0.1, 0.15) is 17.1 Å². The molecule has 2 aromatic carbocycles. The first-order valence-corrected chi connectivity index (χ1v) is 10.4. The number of ether oxygens (including phenoxy) is 1. The smallest absolute Gasteiger partial charge is 0.421 e. The van der Waals surface area contributed by atoms with Gasteiger partial charge in [0.05, 0.1) is 6.10 Å². The van der Waals surface area contributed by atoms with Crippen LogP contribution >= 0.6 is 0 Å². The maximum atomic E-state index is 13.6. The Kier molecular flexibility index (Phi) is 7.22. The number of nitrogens with zero attached hydrogens (tertiary/aromatic N) is 2. The molecule has 0 unspecified atom stereocenters. The van der Waals surface area contributed by atoms with Gasteiger partial charge in [0.2, 0.25) is 5.95 Å². The van der Waals surface area contributed by atoms with Crippen LogP contribution in [0.4, 0.5) is 36.3 Å². The Morgan fingerprint density at radius 3 is 2.28 bits per heavy atom. The van der Waals surface area contributed by atoms with Crippen LogP contribution in [0.25, 0.3) is 0 Å². The van der Waals surface area contributed by atoms with E-state index in [1.54, 1.807) is 30.3 Å². The molecule has 3 rings (SSSR count). The van der Waals surface area contributed by atoms with E-state index in [1.165, 1.54) is 0 Å². The summed E-state index contributed by atoms with van der Waals surface area (Å²) < 4.78 is 46.3. The summed E-state index contributed by atoms with van der Waals surface area (Å²) in [6.07, 6.45) is -2.94. The standard InChI is InChI=1S/C24H27F3N4O/c1-15(2)12-17-6-5-7-19(13-17)29-22-21(24(25,26)27)14-28-23(31-22)30-18-8-10-20(11-9-18)32-16(3)4/h5-11,13-16H,12H2,1-4H3,(H2,28,29,30,31). The minimum absolute atomic E-state index is 0.0414. The van der Waals surface area contributed by atoms with E-state index in [2.05, 4.69) is 34.4 Å². The molecule has 2 N–H and O–H groups in total. The molecule has 0 atom stereocenters. The van der Waals surface area contributed by atoms with Crippen molar-refractivity contribution >= 4 is 23.1 Å². The van der Waals surface area contributed by atoms with Crippen molar-refractivity contribution in [1.82, 2.24) is 9.97 Å². The van der Waals surface area contributed by atoms with Crippen molar-refractivity contribution < 1.29 is 17.9 Å². The minimum Gasteiger partial charge on any atom is -0.491 e. The second-order valence-electron chi connectivity index (χ2n) is 8.19. The molecule has 3 aromatic rings. The molecule has 5 nitrogen and oxygen atoms in total. The maximum absolute atomic E-state index is 13.6. The first-order valence-electron chi connectivity index (χ1n) is 10.4. The molecule has 0 aliphatic carbocycles. The van der Waals surface area contributed by atoms with Crippen molar-refractivity contribution in [1.29, 1.82) is 0 Å². The molecule has 0 radical (unpaired) electrons. The molecule has 0 aliphatic heterocycles. The van der Waals surface area contributed by atoms with E-state index in [-0.39, 0.29) is 17.9 Å². The predicted octanol–water partition coefficient (Wildman–Crippen LogP) is 6.97. The Morgan fingerprint density at radius 1 is 0.938 bits per heavy atom. The summed E-state index contributed by atoms with van der Waals surface area (Å²) in [5.74, 6) is 0.874. The van der Waals surface area contributed by atoms with Gasteiger partial charge in [0, 0.05) is 17.6 Å². The number of anilines is 4. The quantitative estimate of drug-likeness (QED) is 0.393. The molecular formula is C24H27F3N4O. The molecule has 1 heterocycles. The molecular weight excluding hydrogens is 417 g/mol. The summed E-state index contributed by atoms with van der Waals surface area (Å²) >= 11 is 0. The molecule has 0 bridgehead atoms. The Balaban J connectivity index is 1.85. The van der Waals surface area contributed by atoms with Crippen molar-refractivity contribution in [3.63, 3.8) is 0 Å². The SMILES string of the molecule is CC(C)Cc1cccc(Nc2nc(Nc3ccc(OC(C)C)cc3)ncc2C(F)(F)F)c1. The van der Waals surface area contributed by atoms with Gasteiger partial charge in [-0.3, -0.25) is 0 Å². The lowest BCUT2D eigenvalue weighted by Crippen LogP contribution is -2.12. The minimum atomic E-state index is -4.59. The zero-order chi connectivity index (χ0) is 23.3. The number of halogens is 3. The van der Waals surface area contributed by atoms with Gasteiger partial charge in [-0.1, -0.05) is 26.0 Å². The van der Waals surface area contributed by atoms with Crippen LogP contribution in [0, 0.1) is 5.92 Å². The molecule has 0 fully saturated rings. The van der Waals surface area contributed by atoms with Crippen molar-refractivity contribution in [2.45, 2.75) is 46.4 Å². The molecule has 0 aliphatic rings. The summed E-state index contributed by atoms with van der Waals surface area (Å²) in [6, 6.07) is 14.4. The highest BCUT2D eigenvalue weighted by atomic mass is 19.4. The van der Waals surface area contributed by atoms with Crippen molar-refractivity contribution in [3.8, 4) is 5.75 Å². The van der Waals surface area contributed by atoms with Crippen LogP contribution in [-0.2, 0) is 12.6 Å². The highest BCUT2D eigenvalue weighted by molar-refractivity contribution is 5.63. The zero-order valence-corrected chi connectivity index (χ0v) is 18.5. The highest BCUT2D eigenvalue weighted by Gasteiger charge is 2.35. The van der Waals surface area contributed by atoms with Gasteiger partial charge in [-0.2, -0.15) is 18.2 Å². The lowest BCUT2D eigenvalue weighted by molar-refractivity contribution is -0.137. The number of benzene rings is 2. The van der Waals surface area contributed by atoms with Gasteiger partial charge >= 0.3 is 6.18 Å². The summed E-state index contributed by atoms with van der Waals surface area (Å²) in [5, 5.41) is 5.76. The first-order chi connectivity index (χ1) is 15.1. The van der Waals surface area contributed by atoms with Crippen LogP contribution in [-0.4, -0.2) is 16.1 Å². The Labute approximate surface area is 186 Å². The van der Waals surface area contributed by atoms with E-state index in [0.717, 1.165) is 18.2 Å². The van der Waals surface area contributed by atoms with Gasteiger partial charge in [0.15, 0.2) is 0 Å². The van der Waals surface area contributed by atoms with Crippen molar-refractivity contribution in [2.24, 2.45) is 5.92 Å². The van der Waals surface area contributed by atoms with Crippen molar-refractivity contribution in [2.75, 3.05) is 10.6 Å². The van der Waals surface area contributed by atoms with E-state index < -0.39 is 11.7 Å². The van der Waals surface area contributed by atoms with Crippen LogP contribution in [0.15, 0.2) is 54.7 Å². The zero-order valence-electron chi connectivity index (χ0n) is 18.5. The predicted molar refractivity (Wildman–Crippen MR) is 121 cm³/mol. The molecule has 32 heavy (non-hydrogen) atoms. The van der Waals surface area contributed by atoms with Crippen LogP contribution in [0.5, 0.6) is 5.75 Å². The Bertz CT molecular complexity index is 1030. The lowest BCUT2D eigenvalue weighted by atomic mass is 10.0. The van der Waals surface area contributed by atoms with Gasteiger partial charge < -0.3 is 15.4 Å². The fraction of sp³-hybridized carbons (Fsp3) is 0.333. The Morgan fingerprint density at radius 2 is 1.66 bits per heavy atom. The van der Waals surface area contributed by atoms with Crippen molar-refractivity contribution in [3.05, 3.63) is 65.9 Å². The number of hydrogen-bond donors (Lipinski definition) is 2. The monoisotopic (exact) mass is 444 g/mol.